The summed E-state index contributed by atoms with van der Waals surface area (Å²) in [5.41, 5.74) is 1.40. The van der Waals surface area contributed by atoms with Crippen LogP contribution in [0.15, 0.2) is 28.7 Å². The highest BCUT2D eigenvalue weighted by Crippen LogP contribution is 2.36. The fraction of sp³-hybridized carbons (Fsp3) is 0.538. The van der Waals surface area contributed by atoms with Gasteiger partial charge >= 0.3 is 0 Å². The molecule has 0 aliphatic heterocycles. The van der Waals surface area contributed by atoms with Crippen LogP contribution in [0.25, 0.3) is 0 Å². The van der Waals surface area contributed by atoms with Crippen molar-refractivity contribution < 1.29 is 4.74 Å². The van der Waals surface area contributed by atoms with Gasteiger partial charge in [0.15, 0.2) is 0 Å². The molecule has 88 valence electrons. The molecule has 1 aromatic carbocycles. The van der Waals surface area contributed by atoms with Crippen LogP contribution in [-0.4, -0.2) is 10.0 Å². The van der Waals surface area contributed by atoms with E-state index in [1.807, 2.05) is 6.07 Å². The van der Waals surface area contributed by atoms with Crippen LogP contribution >= 0.6 is 38.5 Å². The van der Waals surface area contributed by atoms with Gasteiger partial charge in [-0.3, -0.25) is 0 Å². The van der Waals surface area contributed by atoms with E-state index < -0.39 is 0 Å². The predicted octanol–water partition coefficient (Wildman–Crippen LogP) is 4.71. The van der Waals surface area contributed by atoms with Crippen LogP contribution in [0, 0.1) is 0 Å². The Morgan fingerprint density at radius 2 is 1.94 bits per heavy atom. The number of hydrogen-bond donors (Lipinski definition) is 0. The lowest BCUT2D eigenvalue weighted by Gasteiger charge is -2.27. The monoisotopic (exact) mass is 394 g/mol. The lowest BCUT2D eigenvalue weighted by molar-refractivity contribution is -0.0319. The van der Waals surface area contributed by atoms with E-state index in [2.05, 4.69) is 56.7 Å². The Balaban J connectivity index is 1.98. The maximum absolute atomic E-state index is 6.17. The first-order valence-corrected chi connectivity index (χ1v) is 8.01. The molecule has 1 aliphatic rings. The molecule has 1 saturated carbocycles. The summed E-state index contributed by atoms with van der Waals surface area (Å²) in [5.74, 6) is 0. The molecule has 0 amide bonds. The first-order valence-electron chi connectivity index (χ1n) is 5.69. The molecule has 1 nitrogen and oxygen atoms in total. The van der Waals surface area contributed by atoms with Crippen molar-refractivity contribution in [2.75, 3.05) is 4.43 Å². The molecule has 3 heteroatoms. The van der Waals surface area contributed by atoms with Crippen LogP contribution < -0.4 is 0 Å². The second-order valence-corrected chi connectivity index (χ2v) is 6.02. The van der Waals surface area contributed by atoms with Gasteiger partial charge in [-0.1, -0.05) is 69.6 Å². The van der Waals surface area contributed by atoms with Gasteiger partial charge in [0.25, 0.3) is 0 Å². The Hall–Kier alpha value is 0.390. The van der Waals surface area contributed by atoms with Crippen LogP contribution in [0.4, 0.5) is 0 Å². The third kappa shape index (κ3) is 2.99. The number of alkyl halides is 1. The molecule has 0 saturated heterocycles. The minimum Gasteiger partial charge on any atom is -0.369 e. The third-order valence-electron chi connectivity index (χ3n) is 3.25. The first-order chi connectivity index (χ1) is 7.76. The van der Waals surface area contributed by atoms with Crippen LogP contribution in [0.5, 0.6) is 0 Å². The van der Waals surface area contributed by atoms with E-state index in [-0.39, 0.29) is 5.60 Å². The summed E-state index contributed by atoms with van der Waals surface area (Å²) in [6.07, 6.45) is 5.08. The van der Waals surface area contributed by atoms with Crippen molar-refractivity contribution in [3.8, 4) is 0 Å². The average Bonchev–Trinajstić information content (AvgIpc) is 2.78. The van der Waals surface area contributed by atoms with E-state index in [4.69, 9.17) is 4.74 Å². The molecule has 1 aromatic rings. The Morgan fingerprint density at radius 1 is 1.25 bits per heavy atom. The van der Waals surface area contributed by atoms with Crippen molar-refractivity contribution in [1.82, 2.24) is 0 Å². The van der Waals surface area contributed by atoms with Crippen LogP contribution in [0.2, 0.25) is 0 Å². The van der Waals surface area contributed by atoms with E-state index in [0.717, 1.165) is 15.5 Å². The van der Waals surface area contributed by atoms with Gasteiger partial charge in [-0.25, -0.2) is 0 Å². The summed E-state index contributed by atoms with van der Waals surface area (Å²) in [6, 6.07) is 8.30. The van der Waals surface area contributed by atoms with Crippen molar-refractivity contribution in [3.05, 3.63) is 34.3 Å². The molecule has 0 bridgehead atoms. The number of rotatable bonds is 4. The molecule has 0 N–H and O–H groups in total. The zero-order valence-electron chi connectivity index (χ0n) is 9.22. The van der Waals surface area contributed by atoms with Gasteiger partial charge in [0, 0.05) is 8.90 Å². The van der Waals surface area contributed by atoms with Gasteiger partial charge in [-0.05, 0) is 24.5 Å². The normalized spacial score (nSPS) is 18.9. The van der Waals surface area contributed by atoms with Crippen LogP contribution in [-0.2, 0) is 11.3 Å². The Labute approximate surface area is 119 Å². The molecule has 0 aromatic heterocycles. The highest BCUT2D eigenvalue weighted by atomic mass is 127. The Morgan fingerprint density at radius 3 is 2.56 bits per heavy atom. The number of benzene rings is 1. The topological polar surface area (TPSA) is 9.23 Å². The maximum atomic E-state index is 6.17. The van der Waals surface area contributed by atoms with Gasteiger partial charge in [0.05, 0.1) is 12.2 Å². The van der Waals surface area contributed by atoms with Gasteiger partial charge in [-0.15, -0.1) is 0 Å². The Kier molecular flexibility index (Phi) is 4.67. The Bertz CT molecular complexity index is 348. The second kappa shape index (κ2) is 5.83. The standard InChI is InChI=1S/C13H16BrIO/c14-12-6-2-1-5-11(12)9-16-13(10-15)7-3-4-8-13/h1-2,5-6H,3-4,7-10H2. The molecular formula is C13H16BrIO. The predicted molar refractivity (Wildman–Crippen MR) is 79.0 cm³/mol. The van der Waals surface area contributed by atoms with Gasteiger partial charge < -0.3 is 4.74 Å². The van der Waals surface area contributed by atoms with Gasteiger partial charge in [0.1, 0.15) is 0 Å². The number of ether oxygens (including phenoxy) is 1. The zero-order chi connectivity index (χ0) is 11.4. The first kappa shape index (κ1) is 12.8. The molecule has 1 aliphatic carbocycles. The quantitative estimate of drug-likeness (QED) is 0.530. The van der Waals surface area contributed by atoms with Crippen molar-refractivity contribution >= 4 is 38.5 Å². The van der Waals surface area contributed by atoms with E-state index >= 15 is 0 Å². The summed E-state index contributed by atoms with van der Waals surface area (Å²) in [6.45, 7) is 0.727. The molecular weight excluding hydrogens is 379 g/mol. The molecule has 2 rings (SSSR count). The van der Waals surface area contributed by atoms with Crippen molar-refractivity contribution in [1.29, 1.82) is 0 Å². The lowest BCUT2D eigenvalue weighted by atomic mass is 10.1. The van der Waals surface area contributed by atoms with Crippen LogP contribution in [0.3, 0.4) is 0 Å². The van der Waals surface area contributed by atoms with Crippen molar-refractivity contribution in [2.24, 2.45) is 0 Å². The highest BCUT2D eigenvalue weighted by molar-refractivity contribution is 14.1. The zero-order valence-corrected chi connectivity index (χ0v) is 13.0. The molecule has 0 unspecified atom stereocenters. The average molecular weight is 395 g/mol. The molecule has 0 atom stereocenters. The van der Waals surface area contributed by atoms with Gasteiger partial charge in [-0.2, -0.15) is 0 Å². The van der Waals surface area contributed by atoms with Crippen molar-refractivity contribution in [3.63, 3.8) is 0 Å². The summed E-state index contributed by atoms with van der Waals surface area (Å²) < 4.78 is 8.43. The largest absolute Gasteiger partial charge is 0.369 e. The summed E-state index contributed by atoms with van der Waals surface area (Å²) in [7, 11) is 0. The van der Waals surface area contributed by atoms with E-state index in [9.17, 15) is 0 Å². The number of halogens is 2. The molecule has 0 radical (unpaired) electrons. The lowest BCUT2D eigenvalue weighted by Crippen LogP contribution is -2.30. The highest BCUT2D eigenvalue weighted by Gasteiger charge is 2.33. The minimum absolute atomic E-state index is 0.149. The molecule has 16 heavy (non-hydrogen) atoms. The molecule has 1 fully saturated rings. The third-order valence-corrected chi connectivity index (χ3v) is 5.41. The smallest absolute Gasteiger partial charge is 0.0776 e. The molecule has 0 spiro atoms. The van der Waals surface area contributed by atoms with Crippen LogP contribution in [0.1, 0.15) is 31.2 Å². The molecule has 0 heterocycles. The maximum Gasteiger partial charge on any atom is 0.0776 e. The van der Waals surface area contributed by atoms with Gasteiger partial charge in [0.2, 0.25) is 0 Å². The minimum atomic E-state index is 0.149. The summed E-state index contributed by atoms with van der Waals surface area (Å²) in [4.78, 5) is 0. The second-order valence-electron chi connectivity index (χ2n) is 4.40. The summed E-state index contributed by atoms with van der Waals surface area (Å²) in [5, 5.41) is 0. The fourth-order valence-electron chi connectivity index (χ4n) is 2.18. The fourth-order valence-corrected chi connectivity index (χ4v) is 3.56. The van der Waals surface area contributed by atoms with Crippen molar-refractivity contribution in [2.45, 2.75) is 37.9 Å². The van der Waals surface area contributed by atoms with E-state index in [1.54, 1.807) is 0 Å². The SMILES string of the molecule is Brc1ccccc1COC1(CI)CCCC1. The van der Waals surface area contributed by atoms with E-state index in [1.165, 1.54) is 31.2 Å². The van der Waals surface area contributed by atoms with E-state index in [0.29, 0.717) is 0 Å². The summed E-state index contributed by atoms with van der Waals surface area (Å²) >= 11 is 6.02. The number of hydrogen-bond acceptors (Lipinski definition) is 1.